The number of amides is 1. The van der Waals surface area contributed by atoms with Gasteiger partial charge in [-0.2, -0.15) is 0 Å². The monoisotopic (exact) mass is 330 g/mol. The Balaban J connectivity index is 1.59. The van der Waals surface area contributed by atoms with Crippen LogP contribution in [0.15, 0.2) is 67.8 Å². The van der Waals surface area contributed by atoms with Gasteiger partial charge in [0.2, 0.25) is 5.91 Å². The predicted octanol–water partition coefficient (Wildman–Crippen LogP) is 2.53. The summed E-state index contributed by atoms with van der Waals surface area (Å²) in [5, 5.41) is 4.65. The molecule has 122 valence electrons. The van der Waals surface area contributed by atoms with E-state index in [9.17, 15) is 4.79 Å². The maximum Gasteiger partial charge on any atom is 0.245 e. The minimum atomic E-state index is -0.161. The molecule has 0 aliphatic heterocycles. The van der Waals surface area contributed by atoms with Crippen LogP contribution >= 0.6 is 0 Å². The predicted molar refractivity (Wildman–Crippen MR) is 93.6 cm³/mol. The van der Waals surface area contributed by atoms with Crippen molar-refractivity contribution in [3.05, 3.63) is 67.8 Å². The second kappa shape index (κ2) is 6.48. The summed E-state index contributed by atoms with van der Waals surface area (Å²) in [6.45, 7) is 0.191. The molecule has 0 radical (unpaired) electrons. The molecule has 0 atom stereocenters. The first-order valence-electron chi connectivity index (χ1n) is 7.70. The third-order valence-electron chi connectivity index (χ3n) is 3.71. The van der Waals surface area contributed by atoms with Gasteiger partial charge in [-0.1, -0.05) is 0 Å². The number of nitrogens with one attached hydrogen (secondary N) is 1. The van der Waals surface area contributed by atoms with Gasteiger partial charge < -0.3 is 9.88 Å². The van der Waals surface area contributed by atoms with E-state index in [4.69, 9.17) is 0 Å². The van der Waals surface area contributed by atoms with Crippen molar-refractivity contribution < 1.29 is 4.79 Å². The lowest BCUT2D eigenvalue weighted by molar-refractivity contribution is -0.116. The first-order valence-corrected chi connectivity index (χ1v) is 7.70. The van der Waals surface area contributed by atoms with Gasteiger partial charge in [-0.05, 0) is 29.7 Å². The van der Waals surface area contributed by atoms with Gasteiger partial charge in [0.25, 0.3) is 0 Å². The highest BCUT2D eigenvalue weighted by atomic mass is 16.2. The first-order chi connectivity index (χ1) is 12.3. The average Bonchev–Trinajstić information content (AvgIpc) is 3.14. The van der Waals surface area contributed by atoms with Crippen molar-refractivity contribution in [2.75, 3.05) is 5.32 Å². The number of hydrogen-bond donors (Lipinski definition) is 1. The Kier molecular flexibility index (Phi) is 3.88. The number of imidazole rings is 1. The number of carbonyl (C=O) groups is 1. The van der Waals surface area contributed by atoms with Gasteiger partial charge in [0.15, 0.2) is 0 Å². The van der Waals surface area contributed by atoms with E-state index in [0.717, 1.165) is 22.0 Å². The summed E-state index contributed by atoms with van der Waals surface area (Å²) >= 11 is 0. The zero-order chi connectivity index (χ0) is 17.1. The molecule has 0 bridgehead atoms. The number of hydrogen-bond acceptors (Lipinski definition) is 5. The van der Waals surface area contributed by atoms with E-state index in [0.29, 0.717) is 5.82 Å². The Morgan fingerprint density at radius 3 is 2.76 bits per heavy atom. The summed E-state index contributed by atoms with van der Waals surface area (Å²) in [5.41, 5.74) is 1.76. The van der Waals surface area contributed by atoms with Crippen LogP contribution in [0.4, 0.5) is 5.82 Å². The van der Waals surface area contributed by atoms with E-state index < -0.39 is 0 Å². The highest BCUT2D eigenvalue weighted by Crippen LogP contribution is 2.22. The van der Waals surface area contributed by atoms with Gasteiger partial charge in [-0.25, -0.2) is 9.97 Å². The Hall–Kier alpha value is -3.61. The van der Waals surface area contributed by atoms with E-state index in [1.165, 1.54) is 0 Å². The van der Waals surface area contributed by atoms with Crippen LogP contribution < -0.4 is 5.32 Å². The summed E-state index contributed by atoms with van der Waals surface area (Å²) in [7, 11) is 0. The molecule has 0 aliphatic carbocycles. The SMILES string of the molecule is O=C(Cn1ccnc1)Nc1cc2cc(-c3cccnc3)ncc2cn1. The summed E-state index contributed by atoms with van der Waals surface area (Å²) < 4.78 is 1.70. The molecule has 0 saturated heterocycles. The van der Waals surface area contributed by atoms with Crippen molar-refractivity contribution in [3.63, 3.8) is 0 Å². The van der Waals surface area contributed by atoms with Gasteiger partial charge in [-0.15, -0.1) is 0 Å². The number of rotatable bonds is 4. The van der Waals surface area contributed by atoms with Crippen molar-refractivity contribution in [2.24, 2.45) is 0 Å². The van der Waals surface area contributed by atoms with Gasteiger partial charge in [0.05, 0.1) is 12.0 Å². The largest absolute Gasteiger partial charge is 0.328 e. The molecule has 4 rings (SSSR count). The average molecular weight is 330 g/mol. The zero-order valence-corrected chi connectivity index (χ0v) is 13.2. The van der Waals surface area contributed by atoms with Crippen molar-refractivity contribution in [3.8, 4) is 11.3 Å². The van der Waals surface area contributed by atoms with Crippen LogP contribution in [0.3, 0.4) is 0 Å². The fourth-order valence-electron chi connectivity index (χ4n) is 2.51. The van der Waals surface area contributed by atoms with Crippen LogP contribution in [0.1, 0.15) is 0 Å². The Labute approximate surface area is 143 Å². The molecule has 0 aliphatic rings. The van der Waals surface area contributed by atoms with Crippen LogP contribution in [0.2, 0.25) is 0 Å². The summed E-state index contributed by atoms with van der Waals surface area (Å²) in [6, 6.07) is 7.62. The van der Waals surface area contributed by atoms with Crippen molar-refractivity contribution >= 4 is 22.5 Å². The molecule has 7 heteroatoms. The smallest absolute Gasteiger partial charge is 0.245 e. The van der Waals surface area contributed by atoms with Crippen LogP contribution in [0.5, 0.6) is 0 Å². The fraction of sp³-hybridized carbons (Fsp3) is 0.0556. The second-order valence-electron chi connectivity index (χ2n) is 5.51. The number of carbonyl (C=O) groups excluding carboxylic acids is 1. The van der Waals surface area contributed by atoms with Crippen LogP contribution in [-0.4, -0.2) is 30.4 Å². The van der Waals surface area contributed by atoms with E-state index in [1.807, 2.05) is 24.3 Å². The van der Waals surface area contributed by atoms with E-state index in [2.05, 4.69) is 25.3 Å². The molecule has 0 aromatic carbocycles. The molecule has 0 fully saturated rings. The first kappa shape index (κ1) is 14.9. The van der Waals surface area contributed by atoms with E-state index in [1.54, 1.807) is 48.1 Å². The van der Waals surface area contributed by atoms with Gasteiger partial charge in [-0.3, -0.25) is 14.8 Å². The second-order valence-corrected chi connectivity index (χ2v) is 5.51. The lowest BCUT2D eigenvalue weighted by Crippen LogP contribution is -2.18. The fourth-order valence-corrected chi connectivity index (χ4v) is 2.51. The minimum Gasteiger partial charge on any atom is -0.328 e. The Morgan fingerprint density at radius 2 is 1.96 bits per heavy atom. The highest BCUT2D eigenvalue weighted by molar-refractivity contribution is 5.93. The Bertz CT molecular complexity index is 1010. The maximum atomic E-state index is 12.1. The standard InChI is InChI=1S/C18H14N6O/c25-18(11-24-5-4-20-12-24)23-17-7-14-6-16(13-2-1-3-19-8-13)21-9-15(14)10-22-17/h1-10,12H,11H2,(H,22,23,25). The molecule has 1 amide bonds. The topological polar surface area (TPSA) is 85.6 Å². The molecule has 4 aromatic rings. The lowest BCUT2D eigenvalue weighted by atomic mass is 10.1. The summed E-state index contributed by atoms with van der Waals surface area (Å²) in [4.78, 5) is 28.8. The number of nitrogens with zero attached hydrogens (tertiary/aromatic N) is 5. The summed E-state index contributed by atoms with van der Waals surface area (Å²) in [6.07, 6.45) is 11.9. The van der Waals surface area contributed by atoms with Crippen LogP contribution in [0, 0.1) is 0 Å². The molecule has 0 saturated carbocycles. The molecule has 4 heterocycles. The van der Waals surface area contributed by atoms with Crippen molar-refractivity contribution in [1.29, 1.82) is 0 Å². The third kappa shape index (κ3) is 3.35. The molecule has 4 aromatic heterocycles. The number of anilines is 1. The molecular weight excluding hydrogens is 316 g/mol. The quantitative estimate of drug-likeness (QED) is 0.621. The van der Waals surface area contributed by atoms with Crippen molar-refractivity contribution in [2.45, 2.75) is 6.54 Å². The molecule has 25 heavy (non-hydrogen) atoms. The van der Waals surface area contributed by atoms with Gasteiger partial charge >= 0.3 is 0 Å². The molecule has 0 unspecified atom stereocenters. The lowest BCUT2D eigenvalue weighted by Gasteiger charge is -2.07. The maximum absolute atomic E-state index is 12.1. The van der Waals surface area contributed by atoms with Gasteiger partial charge in [0.1, 0.15) is 12.4 Å². The van der Waals surface area contributed by atoms with Gasteiger partial charge in [0, 0.05) is 48.1 Å². The minimum absolute atomic E-state index is 0.161. The molecular formula is C18H14N6O. The number of aromatic nitrogens is 5. The van der Waals surface area contributed by atoms with Crippen LogP contribution in [0.25, 0.3) is 22.0 Å². The van der Waals surface area contributed by atoms with Crippen molar-refractivity contribution in [1.82, 2.24) is 24.5 Å². The Morgan fingerprint density at radius 1 is 1.04 bits per heavy atom. The summed E-state index contributed by atoms with van der Waals surface area (Å²) in [5.74, 6) is 0.340. The third-order valence-corrected chi connectivity index (χ3v) is 3.71. The normalized spacial score (nSPS) is 10.7. The molecule has 1 N–H and O–H groups in total. The zero-order valence-electron chi connectivity index (χ0n) is 13.2. The van der Waals surface area contributed by atoms with E-state index >= 15 is 0 Å². The van der Waals surface area contributed by atoms with Crippen LogP contribution in [-0.2, 0) is 11.3 Å². The molecule has 0 spiro atoms. The molecule has 7 nitrogen and oxygen atoms in total. The van der Waals surface area contributed by atoms with E-state index in [-0.39, 0.29) is 12.5 Å². The number of pyridine rings is 3. The highest BCUT2D eigenvalue weighted by Gasteiger charge is 2.07. The number of fused-ring (bicyclic) bond motifs is 1.